The molecule has 1 fully saturated rings. The van der Waals surface area contributed by atoms with Gasteiger partial charge in [0.1, 0.15) is 5.82 Å². The summed E-state index contributed by atoms with van der Waals surface area (Å²) in [6.45, 7) is 4.07. The summed E-state index contributed by atoms with van der Waals surface area (Å²) in [5.74, 6) is -0.154. The minimum absolute atomic E-state index is 0.0341. The molecule has 0 bridgehead atoms. The molecule has 4 nitrogen and oxygen atoms in total. The first-order valence-electron chi connectivity index (χ1n) is 7.24. The summed E-state index contributed by atoms with van der Waals surface area (Å²) in [5.41, 5.74) is 1.74. The van der Waals surface area contributed by atoms with Crippen molar-refractivity contribution in [3.05, 3.63) is 29.6 Å². The molecule has 5 heteroatoms. The molecule has 1 aromatic rings. The third kappa shape index (κ3) is 4.16. The van der Waals surface area contributed by atoms with E-state index in [4.69, 9.17) is 9.84 Å². The van der Waals surface area contributed by atoms with E-state index in [-0.39, 0.29) is 12.4 Å². The molecule has 0 amide bonds. The van der Waals surface area contributed by atoms with Crippen LogP contribution in [0.2, 0.25) is 0 Å². The van der Waals surface area contributed by atoms with Gasteiger partial charge in [0, 0.05) is 37.4 Å². The summed E-state index contributed by atoms with van der Waals surface area (Å²) in [6.07, 6.45) is 2.36. The van der Waals surface area contributed by atoms with Gasteiger partial charge in [-0.3, -0.25) is 0 Å². The molecule has 0 aliphatic carbocycles. The van der Waals surface area contributed by atoms with Gasteiger partial charge in [-0.15, -0.1) is 0 Å². The highest BCUT2D eigenvalue weighted by Crippen LogP contribution is 2.26. The van der Waals surface area contributed by atoms with Crippen molar-refractivity contribution in [3.63, 3.8) is 0 Å². The number of benzene rings is 1. The summed E-state index contributed by atoms with van der Waals surface area (Å²) in [7, 11) is 0. The lowest BCUT2D eigenvalue weighted by atomic mass is 10.1. The molecule has 1 saturated heterocycles. The normalized spacial score (nSPS) is 15.0. The fourth-order valence-corrected chi connectivity index (χ4v) is 2.50. The largest absolute Gasteiger partial charge is 0.394 e. The minimum Gasteiger partial charge on any atom is -0.394 e. The lowest BCUT2D eigenvalue weighted by molar-refractivity contribution is 0.0937. The Labute approximate surface area is 119 Å². The Bertz CT molecular complexity index is 409. The van der Waals surface area contributed by atoms with E-state index in [0.717, 1.165) is 24.3 Å². The quantitative estimate of drug-likeness (QED) is 0.710. The maximum Gasteiger partial charge on any atom is 0.129 e. The molecular formula is C15H23FN2O2. The van der Waals surface area contributed by atoms with Gasteiger partial charge in [0.2, 0.25) is 0 Å². The van der Waals surface area contributed by atoms with Crippen molar-refractivity contribution in [2.75, 3.05) is 44.4 Å². The molecule has 2 N–H and O–H groups in total. The van der Waals surface area contributed by atoms with Crippen LogP contribution in [0, 0.1) is 5.82 Å². The van der Waals surface area contributed by atoms with Crippen molar-refractivity contribution in [3.8, 4) is 0 Å². The molecule has 0 aromatic heterocycles. The van der Waals surface area contributed by atoms with Gasteiger partial charge in [-0.25, -0.2) is 4.39 Å². The highest BCUT2D eigenvalue weighted by molar-refractivity contribution is 5.54. The molecule has 1 aromatic carbocycles. The van der Waals surface area contributed by atoms with Crippen LogP contribution in [-0.4, -0.2) is 44.6 Å². The average molecular weight is 282 g/mol. The zero-order valence-corrected chi connectivity index (χ0v) is 11.8. The summed E-state index contributed by atoms with van der Waals surface area (Å²) < 4.78 is 19.2. The summed E-state index contributed by atoms with van der Waals surface area (Å²) in [4.78, 5) is 2.25. The van der Waals surface area contributed by atoms with Gasteiger partial charge in [-0.2, -0.15) is 0 Å². The van der Waals surface area contributed by atoms with Crippen LogP contribution >= 0.6 is 0 Å². The van der Waals surface area contributed by atoms with E-state index in [1.165, 1.54) is 18.9 Å². The van der Waals surface area contributed by atoms with Gasteiger partial charge >= 0.3 is 0 Å². The smallest absolute Gasteiger partial charge is 0.129 e. The van der Waals surface area contributed by atoms with Crippen LogP contribution in [0.25, 0.3) is 0 Å². The molecule has 112 valence electrons. The second kappa shape index (κ2) is 8.19. The molecule has 2 rings (SSSR count). The number of anilines is 1. The van der Waals surface area contributed by atoms with Crippen molar-refractivity contribution in [1.82, 2.24) is 5.32 Å². The monoisotopic (exact) mass is 282 g/mol. The number of hydrogen-bond acceptors (Lipinski definition) is 4. The minimum atomic E-state index is -0.154. The second-order valence-corrected chi connectivity index (χ2v) is 4.94. The summed E-state index contributed by atoms with van der Waals surface area (Å²) >= 11 is 0. The first-order valence-corrected chi connectivity index (χ1v) is 7.24. The first kappa shape index (κ1) is 15.2. The Morgan fingerprint density at radius 2 is 2.05 bits per heavy atom. The number of ether oxygens (including phenoxy) is 1. The van der Waals surface area contributed by atoms with Crippen LogP contribution in [0.5, 0.6) is 0 Å². The Kier molecular flexibility index (Phi) is 6.24. The van der Waals surface area contributed by atoms with Crippen molar-refractivity contribution in [1.29, 1.82) is 0 Å². The predicted octanol–water partition coefficient (Wildman–Crippen LogP) is 1.52. The third-order valence-electron chi connectivity index (χ3n) is 3.50. The molecule has 1 aliphatic rings. The number of aliphatic hydroxyl groups is 1. The lowest BCUT2D eigenvalue weighted by Crippen LogP contribution is -2.24. The van der Waals surface area contributed by atoms with E-state index in [1.54, 1.807) is 6.07 Å². The molecule has 20 heavy (non-hydrogen) atoms. The van der Waals surface area contributed by atoms with Crippen LogP contribution in [0.1, 0.15) is 18.4 Å². The van der Waals surface area contributed by atoms with Crippen molar-refractivity contribution >= 4 is 5.69 Å². The predicted molar refractivity (Wildman–Crippen MR) is 77.5 cm³/mol. The number of rotatable bonds is 8. The van der Waals surface area contributed by atoms with E-state index >= 15 is 0 Å². The number of aliphatic hydroxyl groups excluding tert-OH is 1. The van der Waals surface area contributed by atoms with Crippen molar-refractivity contribution < 1.29 is 14.2 Å². The van der Waals surface area contributed by atoms with Crippen LogP contribution in [0.4, 0.5) is 10.1 Å². The van der Waals surface area contributed by atoms with E-state index in [2.05, 4.69) is 10.2 Å². The average Bonchev–Trinajstić information content (AvgIpc) is 2.98. The Hall–Kier alpha value is -1.17. The Morgan fingerprint density at radius 1 is 1.25 bits per heavy atom. The van der Waals surface area contributed by atoms with Gasteiger partial charge in [0.25, 0.3) is 0 Å². The Balaban J connectivity index is 1.89. The molecule has 0 saturated carbocycles. The van der Waals surface area contributed by atoms with Gasteiger partial charge in [-0.1, -0.05) is 6.07 Å². The van der Waals surface area contributed by atoms with Crippen molar-refractivity contribution in [2.24, 2.45) is 0 Å². The maximum absolute atomic E-state index is 14.0. The number of nitrogens with one attached hydrogen (secondary N) is 1. The zero-order valence-electron chi connectivity index (χ0n) is 11.8. The fourth-order valence-electron chi connectivity index (χ4n) is 2.50. The highest BCUT2D eigenvalue weighted by atomic mass is 19.1. The van der Waals surface area contributed by atoms with Gasteiger partial charge in [0.05, 0.1) is 19.8 Å². The second-order valence-electron chi connectivity index (χ2n) is 4.94. The van der Waals surface area contributed by atoms with E-state index < -0.39 is 0 Å². The van der Waals surface area contributed by atoms with E-state index in [0.29, 0.717) is 26.3 Å². The van der Waals surface area contributed by atoms with Crippen LogP contribution in [-0.2, 0) is 11.3 Å². The third-order valence-corrected chi connectivity index (χ3v) is 3.50. The van der Waals surface area contributed by atoms with Gasteiger partial charge in [0.15, 0.2) is 0 Å². The summed E-state index contributed by atoms with van der Waals surface area (Å²) in [5, 5.41) is 11.8. The fraction of sp³-hybridized carbons (Fsp3) is 0.600. The van der Waals surface area contributed by atoms with Crippen LogP contribution in [0.15, 0.2) is 18.2 Å². The van der Waals surface area contributed by atoms with E-state index in [9.17, 15) is 4.39 Å². The molecule has 0 spiro atoms. The summed E-state index contributed by atoms with van der Waals surface area (Å²) in [6, 6.07) is 5.28. The van der Waals surface area contributed by atoms with Crippen LogP contribution in [0.3, 0.4) is 0 Å². The first-order chi connectivity index (χ1) is 9.83. The highest BCUT2D eigenvalue weighted by Gasteiger charge is 2.17. The molecule has 0 unspecified atom stereocenters. The maximum atomic E-state index is 14.0. The number of nitrogens with zero attached hydrogens (tertiary/aromatic N) is 1. The van der Waals surface area contributed by atoms with E-state index in [1.807, 2.05) is 6.07 Å². The van der Waals surface area contributed by atoms with Crippen LogP contribution < -0.4 is 10.2 Å². The topological polar surface area (TPSA) is 44.7 Å². The standard InChI is InChI=1S/C15H23FN2O2/c16-14-4-3-5-15(18-7-1-2-8-18)13(14)12-17-6-10-20-11-9-19/h3-5,17,19H,1-2,6-12H2. The molecule has 0 radical (unpaired) electrons. The number of halogens is 1. The molecule has 1 heterocycles. The zero-order chi connectivity index (χ0) is 14.2. The van der Waals surface area contributed by atoms with Gasteiger partial charge in [-0.05, 0) is 25.0 Å². The molecule has 1 aliphatic heterocycles. The van der Waals surface area contributed by atoms with Crippen molar-refractivity contribution in [2.45, 2.75) is 19.4 Å². The Morgan fingerprint density at radius 3 is 2.80 bits per heavy atom. The van der Waals surface area contributed by atoms with Gasteiger partial charge < -0.3 is 20.1 Å². The number of hydrogen-bond donors (Lipinski definition) is 2. The molecule has 0 atom stereocenters. The lowest BCUT2D eigenvalue weighted by Gasteiger charge is -2.22. The SMILES string of the molecule is OCCOCCNCc1c(F)cccc1N1CCCC1. The molecular weight excluding hydrogens is 259 g/mol.